The molecule has 2 aromatic carbocycles. The molecule has 1 N–H and O–H groups in total. The number of para-hydroxylation sites is 2. The molecule has 0 radical (unpaired) electrons. The first-order chi connectivity index (χ1) is 11.1. The first kappa shape index (κ1) is 15.6. The van der Waals surface area contributed by atoms with Gasteiger partial charge in [-0.1, -0.05) is 35.9 Å². The van der Waals surface area contributed by atoms with Gasteiger partial charge in [0.15, 0.2) is 0 Å². The van der Waals surface area contributed by atoms with Crippen LogP contribution >= 0.6 is 11.6 Å². The highest BCUT2D eigenvalue weighted by Crippen LogP contribution is 2.14. The number of imidazole rings is 1. The van der Waals surface area contributed by atoms with Crippen molar-refractivity contribution in [3.05, 3.63) is 64.9 Å². The summed E-state index contributed by atoms with van der Waals surface area (Å²) in [5, 5.41) is 3.63. The number of benzene rings is 2. The Balaban J connectivity index is 1.57. The molecular weight excluding hydrogens is 310 g/mol. The van der Waals surface area contributed by atoms with E-state index >= 15 is 0 Å². The molecule has 0 saturated heterocycles. The molecule has 4 nitrogen and oxygen atoms in total. The molecule has 0 atom stereocenters. The summed E-state index contributed by atoms with van der Waals surface area (Å²) in [6.07, 6.45) is 1.11. The number of nitrogens with one attached hydrogen (secondary N) is 1. The van der Waals surface area contributed by atoms with E-state index in [1.165, 1.54) is 0 Å². The first-order valence-electron chi connectivity index (χ1n) is 7.55. The number of hydrogen-bond acceptors (Lipinski definition) is 2. The fourth-order valence-electron chi connectivity index (χ4n) is 2.57. The van der Waals surface area contributed by atoms with Crippen molar-refractivity contribution in [2.24, 2.45) is 7.05 Å². The molecule has 0 saturated carbocycles. The van der Waals surface area contributed by atoms with Crippen LogP contribution in [0.3, 0.4) is 0 Å². The van der Waals surface area contributed by atoms with Crippen LogP contribution < -0.4 is 5.32 Å². The molecule has 3 aromatic rings. The van der Waals surface area contributed by atoms with Crippen molar-refractivity contribution in [2.75, 3.05) is 0 Å². The van der Waals surface area contributed by atoms with E-state index in [-0.39, 0.29) is 5.91 Å². The van der Waals surface area contributed by atoms with Crippen LogP contribution in [0, 0.1) is 0 Å². The van der Waals surface area contributed by atoms with Gasteiger partial charge in [-0.25, -0.2) is 4.98 Å². The second kappa shape index (κ2) is 6.84. The number of hydrogen-bond donors (Lipinski definition) is 1. The number of halogens is 1. The Hall–Kier alpha value is -2.33. The number of aromatic nitrogens is 2. The molecule has 0 aliphatic carbocycles. The van der Waals surface area contributed by atoms with E-state index in [2.05, 4.69) is 10.3 Å². The van der Waals surface area contributed by atoms with Crippen LogP contribution in [0.15, 0.2) is 48.5 Å². The van der Waals surface area contributed by atoms with Crippen molar-refractivity contribution in [3.8, 4) is 0 Å². The van der Waals surface area contributed by atoms with Gasteiger partial charge in [-0.3, -0.25) is 4.79 Å². The van der Waals surface area contributed by atoms with E-state index in [4.69, 9.17) is 11.6 Å². The largest absolute Gasteiger partial charge is 0.349 e. The summed E-state index contributed by atoms with van der Waals surface area (Å²) >= 11 is 5.95. The minimum Gasteiger partial charge on any atom is -0.349 e. The molecule has 0 unspecified atom stereocenters. The van der Waals surface area contributed by atoms with Gasteiger partial charge >= 0.3 is 0 Å². The summed E-state index contributed by atoms with van der Waals surface area (Å²) in [7, 11) is 1.96. The van der Waals surface area contributed by atoms with Crippen LogP contribution in [0.25, 0.3) is 11.0 Å². The molecule has 0 aliphatic rings. The summed E-state index contributed by atoms with van der Waals surface area (Å²) in [4.78, 5) is 16.6. The summed E-state index contributed by atoms with van der Waals surface area (Å²) < 4.78 is 2.01. The maximum absolute atomic E-state index is 12.0. The van der Waals surface area contributed by atoms with Crippen LogP contribution in [0.2, 0.25) is 5.02 Å². The smallest absolute Gasteiger partial charge is 0.220 e. The van der Waals surface area contributed by atoms with Crippen molar-refractivity contribution >= 4 is 28.5 Å². The number of amides is 1. The lowest BCUT2D eigenvalue weighted by molar-refractivity contribution is -0.121. The van der Waals surface area contributed by atoms with Crippen LogP contribution in [0.5, 0.6) is 0 Å². The van der Waals surface area contributed by atoms with E-state index in [1.807, 2.05) is 60.1 Å². The summed E-state index contributed by atoms with van der Waals surface area (Å²) in [6.45, 7) is 0.430. The van der Waals surface area contributed by atoms with Gasteiger partial charge in [0.25, 0.3) is 0 Å². The Morgan fingerprint density at radius 2 is 2.04 bits per heavy atom. The number of carbonyl (C=O) groups excluding carboxylic acids is 1. The Kier molecular flexibility index (Phi) is 4.63. The Morgan fingerprint density at radius 3 is 2.83 bits per heavy atom. The summed E-state index contributed by atoms with van der Waals surface area (Å²) in [6, 6.07) is 15.5. The predicted octanol–water partition coefficient (Wildman–Crippen LogP) is 3.48. The van der Waals surface area contributed by atoms with Crippen molar-refractivity contribution in [3.63, 3.8) is 0 Å². The minimum atomic E-state index is 0.0111. The second-order valence-electron chi connectivity index (χ2n) is 5.48. The van der Waals surface area contributed by atoms with Gasteiger partial charge in [0.1, 0.15) is 5.82 Å². The fraction of sp³-hybridized carbons (Fsp3) is 0.222. The molecule has 23 heavy (non-hydrogen) atoms. The molecule has 5 heteroatoms. The van der Waals surface area contributed by atoms with Crippen molar-refractivity contribution in [2.45, 2.75) is 19.4 Å². The Bertz CT molecular complexity index is 841. The van der Waals surface area contributed by atoms with Gasteiger partial charge in [-0.15, -0.1) is 0 Å². The zero-order valence-corrected chi connectivity index (χ0v) is 13.7. The topological polar surface area (TPSA) is 46.9 Å². The number of nitrogens with zero attached hydrogens (tertiary/aromatic N) is 2. The number of carbonyl (C=O) groups is 1. The van der Waals surface area contributed by atoms with Crippen molar-refractivity contribution in [1.29, 1.82) is 0 Å². The highest BCUT2D eigenvalue weighted by atomic mass is 35.5. The molecule has 0 bridgehead atoms. The molecule has 0 fully saturated rings. The highest BCUT2D eigenvalue weighted by Gasteiger charge is 2.08. The maximum Gasteiger partial charge on any atom is 0.220 e. The van der Waals surface area contributed by atoms with Crippen molar-refractivity contribution in [1.82, 2.24) is 14.9 Å². The van der Waals surface area contributed by atoms with Gasteiger partial charge in [0, 0.05) is 18.5 Å². The SMILES string of the molecule is Cn1c(CNC(=O)CCc2cccc(Cl)c2)nc2ccccc21. The van der Waals surface area contributed by atoms with Gasteiger partial charge in [0.2, 0.25) is 5.91 Å². The van der Waals surface area contributed by atoms with Crippen molar-refractivity contribution < 1.29 is 4.79 Å². The lowest BCUT2D eigenvalue weighted by Crippen LogP contribution is -2.24. The van der Waals surface area contributed by atoms with Crippen LogP contribution in [0.1, 0.15) is 17.8 Å². The fourth-order valence-corrected chi connectivity index (χ4v) is 2.78. The van der Waals surface area contributed by atoms with E-state index in [0.29, 0.717) is 24.4 Å². The van der Waals surface area contributed by atoms with Crippen LogP contribution in [-0.2, 0) is 24.8 Å². The van der Waals surface area contributed by atoms with Crippen LogP contribution in [-0.4, -0.2) is 15.5 Å². The Labute approximate surface area is 140 Å². The monoisotopic (exact) mass is 327 g/mol. The highest BCUT2D eigenvalue weighted by molar-refractivity contribution is 6.30. The van der Waals surface area contributed by atoms with E-state index in [1.54, 1.807) is 0 Å². The number of aryl methyl sites for hydroxylation is 2. The third-order valence-corrected chi connectivity index (χ3v) is 4.09. The Morgan fingerprint density at radius 1 is 1.22 bits per heavy atom. The average Bonchev–Trinajstić information content (AvgIpc) is 2.88. The van der Waals surface area contributed by atoms with Gasteiger partial charge in [-0.05, 0) is 36.2 Å². The normalized spacial score (nSPS) is 10.9. The van der Waals surface area contributed by atoms with E-state index in [0.717, 1.165) is 22.4 Å². The number of rotatable bonds is 5. The first-order valence-corrected chi connectivity index (χ1v) is 7.93. The quantitative estimate of drug-likeness (QED) is 0.780. The lowest BCUT2D eigenvalue weighted by Gasteiger charge is -2.06. The molecule has 1 amide bonds. The maximum atomic E-state index is 12.0. The molecule has 0 aliphatic heterocycles. The molecule has 0 spiro atoms. The van der Waals surface area contributed by atoms with Crippen LogP contribution in [0.4, 0.5) is 0 Å². The summed E-state index contributed by atoms with van der Waals surface area (Å²) in [5.41, 5.74) is 3.07. The standard InChI is InChI=1S/C18H18ClN3O/c1-22-16-8-3-2-7-15(16)21-17(22)12-20-18(23)10-9-13-5-4-6-14(19)11-13/h2-8,11H,9-10,12H2,1H3,(H,20,23). The predicted molar refractivity (Wildman–Crippen MR) is 92.3 cm³/mol. The molecule has 1 heterocycles. The molecule has 118 valence electrons. The lowest BCUT2D eigenvalue weighted by atomic mass is 10.1. The van der Waals surface area contributed by atoms with Gasteiger partial charge in [-0.2, -0.15) is 0 Å². The summed E-state index contributed by atoms with van der Waals surface area (Å²) in [5.74, 6) is 0.860. The minimum absolute atomic E-state index is 0.0111. The third kappa shape index (κ3) is 3.71. The van der Waals surface area contributed by atoms with E-state index in [9.17, 15) is 4.79 Å². The molecular formula is C18H18ClN3O. The second-order valence-corrected chi connectivity index (χ2v) is 5.92. The van der Waals surface area contributed by atoms with Gasteiger partial charge < -0.3 is 9.88 Å². The third-order valence-electron chi connectivity index (χ3n) is 3.85. The molecule has 3 rings (SSSR count). The van der Waals surface area contributed by atoms with Gasteiger partial charge in [0.05, 0.1) is 17.6 Å². The average molecular weight is 328 g/mol. The zero-order valence-electron chi connectivity index (χ0n) is 12.9. The zero-order chi connectivity index (χ0) is 16.2. The number of fused-ring (bicyclic) bond motifs is 1. The molecule has 1 aromatic heterocycles. The van der Waals surface area contributed by atoms with E-state index < -0.39 is 0 Å².